The average Bonchev–Trinajstić information content (AvgIpc) is 2.63. The van der Waals surface area contributed by atoms with Crippen molar-refractivity contribution in [2.24, 2.45) is 0 Å². The van der Waals surface area contributed by atoms with Gasteiger partial charge in [-0.3, -0.25) is 0 Å². The van der Waals surface area contributed by atoms with Crippen molar-refractivity contribution in [3.63, 3.8) is 0 Å². The highest BCUT2D eigenvalue weighted by Gasteiger charge is 1.99. The van der Waals surface area contributed by atoms with E-state index >= 15 is 0 Å². The van der Waals surface area contributed by atoms with Gasteiger partial charge in [-0.15, -0.1) is 12.4 Å². The van der Waals surface area contributed by atoms with Gasteiger partial charge in [0, 0.05) is 6.54 Å². The third kappa shape index (κ3) is 8.74. The van der Waals surface area contributed by atoms with Crippen molar-refractivity contribution in [3.8, 4) is 0 Å². The molecule has 2 rings (SSSR count). The fraction of sp³-hybridized carbons (Fsp3) is 0.565. The molecule has 2 heteroatoms. The molecule has 1 N–H and O–H groups in total. The summed E-state index contributed by atoms with van der Waals surface area (Å²) in [4.78, 5) is 0. The van der Waals surface area contributed by atoms with Gasteiger partial charge >= 0.3 is 0 Å². The summed E-state index contributed by atoms with van der Waals surface area (Å²) in [6.45, 7) is 4.41. The highest BCUT2D eigenvalue weighted by Crippen LogP contribution is 2.18. The maximum absolute atomic E-state index is 3.62. The lowest BCUT2D eigenvalue weighted by Crippen LogP contribution is -2.14. The first-order valence-electron chi connectivity index (χ1n) is 10.1. The second kappa shape index (κ2) is 14.2. The Morgan fingerprint density at radius 2 is 1.28 bits per heavy atom. The van der Waals surface area contributed by atoms with Gasteiger partial charge in [-0.2, -0.15) is 0 Å². The van der Waals surface area contributed by atoms with Crippen molar-refractivity contribution in [1.82, 2.24) is 5.32 Å². The Balaban J connectivity index is 0.00000312. The molecule has 0 aliphatic carbocycles. The standard InChI is InChI=1S/C23H35N.ClH/c1-2-3-4-5-6-7-8-9-10-13-19-24-20-22-17-14-16-21-15-11-12-18-23(21)22;/h11-12,14-18,24H,2-10,13,19-20H2,1H3;1H. The Morgan fingerprint density at radius 1 is 0.680 bits per heavy atom. The summed E-state index contributed by atoms with van der Waals surface area (Å²) in [7, 11) is 0. The minimum Gasteiger partial charge on any atom is -0.313 e. The average molecular weight is 362 g/mol. The zero-order valence-electron chi connectivity index (χ0n) is 15.9. The zero-order valence-corrected chi connectivity index (χ0v) is 16.8. The largest absolute Gasteiger partial charge is 0.313 e. The number of nitrogens with one attached hydrogen (secondary N) is 1. The van der Waals surface area contributed by atoms with E-state index in [1.54, 1.807) is 0 Å². The van der Waals surface area contributed by atoms with Crippen LogP contribution in [0, 0.1) is 0 Å². The van der Waals surface area contributed by atoms with E-state index in [0.717, 1.165) is 13.1 Å². The Hall–Kier alpha value is -1.05. The first-order valence-corrected chi connectivity index (χ1v) is 10.1. The molecule has 0 atom stereocenters. The fourth-order valence-electron chi connectivity index (χ4n) is 3.41. The molecule has 0 fully saturated rings. The third-order valence-electron chi connectivity index (χ3n) is 4.90. The van der Waals surface area contributed by atoms with Crippen LogP contribution in [0.4, 0.5) is 0 Å². The van der Waals surface area contributed by atoms with Gasteiger partial charge in [0.15, 0.2) is 0 Å². The molecule has 0 aliphatic rings. The van der Waals surface area contributed by atoms with Gasteiger partial charge < -0.3 is 5.32 Å². The predicted octanol–water partition coefficient (Wildman–Crippen LogP) is 7.27. The summed E-state index contributed by atoms with van der Waals surface area (Å²) < 4.78 is 0. The van der Waals surface area contributed by atoms with E-state index in [4.69, 9.17) is 0 Å². The van der Waals surface area contributed by atoms with Crippen molar-refractivity contribution >= 4 is 23.2 Å². The molecule has 0 aliphatic heterocycles. The van der Waals surface area contributed by atoms with Crippen LogP contribution in [-0.2, 0) is 6.54 Å². The summed E-state index contributed by atoms with van der Waals surface area (Å²) >= 11 is 0. The number of hydrogen-bond donors (Lipinski definition) is 1. The minimum atomic E-state index is 0. The van der Waals surface area contributed by atoms with Crippen LogP contribution in [0.15, 0.2) is 42.5 Å². The summed E-state index contributed by atoms with van der Waals surface area (Å²) in [6.07, 6.45) is 14.0. The number of rotatable bonds is 13. The van der Waals surface area contributed by atoms with E-state index in [2.05, 4.69) is 54.7 Å². The van der Waals surface area contributed by atoms with Crippen LogP contribution in [0.5, 0.6) is 0 Å². The molecule has 140 valence electrons. The van der Waals surface area contributed by atoms with Crippen molar-refractivity contribution in [1.29, 1.82) is 0 Å². The van der Waals surface area contributed by atoms with Gasteiger partial charge in [0.05, 0.1) is 0 Å². The molecule has 25 heavy (non-hydrogen) atoms. The van der Waals surface area contributed by atoms with Crippen LogP contribution in [-0.4, -0.2) is 6.54 Å². The normalized spacial score (nSPS) is 10.8. The van der Waals surface area contributed by atoms with Gasteiger partial charge in [0.2, 0.25) is 0 Å². The molecule has 2 aromatic rings. The van der Waals surface area contributed by atoms with Crippen molar-refractivity contribution in [2.45, 2.75) is 77.7 Å². The molecule has 0 saturated carbocycles. The molecule has 1 nitrogen and oxygen atoms in total. The van der Waals surface area contributed by atoms with E-state index in [1.165, 1.54) is 80.5 Å². The SMILES string of the molecule is CCCCCCCCCCCCNCc1cccc2ccccc12.Cl. The highest BCUT2D eigenvalue weighted by molar-refractivity contribution is 5.85. The summed E-state index contributed by atoms with van der Waals surface area (Å²) in [6, 6.07) is 15.3. The zero-order chi connectivity index (χ0) is 16.9. The first kappa shape index (κ1) is 22.0. The quantitative estimate of drug-likeness (QED) is 0.370. The first-order chi connectivity index (χ1) is 11.9. The molecule has 0 radical (unpaired) electrons. The van der Waals surface area contributed by atoms with Crippen LogP contribution in [0.2, 0.25) is 0 Å². The van der Waals surface area contributed by atoms with Crippen LogP contribution in [0.1, 0.15) is 76.7 Å². The topological polar surface area (TPSA) is 12.0 Å². The lowest BCUT2D eigenvalue weighted by atomic mass is 10.0. The molecule has 2 aromatic carbocycles. The highest BCUT2D eigenvalue weighted by atomic mass is 35.5. The Labute approximate surface area is 161 Å². The maximum atomic E-state index is 3.62. The molecule has 0 aromatic heterocycles. The van der Waals surface area contributed by atoms with E-state index in [0.29, 0.717) is 0 Å². The Kier molecular flexibility index (Phi) is 12.5. The van der Waals surface area contributed by atoms with E-state index in [-0.39, 0.29) is 12.4 Å². The Morgan fingerprint density at radius 3 is 2.00 bits per heavy atom. The molecule has 0 spiro atoms. The molecule has 0 saturated heterocycles. The van der Waals surface area contributed by atoms with Gasteiger partial charge in [-0.25, -0.2) is 0 Å². The molecule has 0 bridgehead atoms. The smallest absolute Gasteiger partial charge is 0.0211 e. The number of halogens is 1. The second-order valence-electron chi connectivity index (χ2n) is 7.00. The molecular weight excluding hydrogens is 326 g/mol. The van der Waals surface area contributed by atoms with Gasteiger partial charge in [0.25, 0.3) is 0 Å². The van der Waals surface area contributed by atoms with Gasteiger partial charge in [-0.05, 0) is 29.3 Å². The van der Waals surface area contributed by atoms with Crippen molar-refractivity contribution in [3.05, 3.63) is 48.0 Å². The fourth-order valence-corrected chi connectivity index (χ4v) is 3.41. The van der Waals surface area contributed by atoms with E-state index in [9.17, 15) is 0 Å². The van der Waals surface area contributed by atoms with Crippen molar-refractivity contribution < 1.29 is 0 Å². The van der Waals surface area contributed by atoms with Crippen molar-refractivity contribution in [2.75, 3.05) is 6.54 Å². The maximum Gasteiger partial charge on any atom is 0.0211 e. The monoisotopic (exact) mass is 361 g/mol. The van der Waals surface area contributed by atoms with E-state index < -0.39 is 0 Å². The number of benzene rings is 2. The molecule has 0 unspecified atom stereocenters. The van der Waals surface area contributed by atoms with Crippen LogP contribution < -0.4 is 5.32 Å². The molecular formula is C23H36ClN. The second-order valence-corrected chi connectivity index (χ2v) is 7.00. The summed E-state index contributed by atoms with van der Waals surface area (Å²) in [5.41, 5.74) is 1.42. The van der Waals surface area contributed by atoms with Gasteiger partial charge in [0.1, 0.15) is 0 Å². The molecule has 0 amide bonds. The lowest BCUT2D eigenvalue weighted by Gasteiger charge is -2.08. The summed E-state index contributed by atoms with van der Waals surface area (Å²) in [5.74, 6) is 0. The number of fused-ring (bicyclic) bond motifs is 1. The third-order valence-corrected chi connectivity index (χ3v) is 4.90. The predicted molar refractivity (Wildman–Crippen MR) is 115 cm³/mol. The van der Waals surface area contributed by atoms with Crippen LogP contribution in [0.3, 0.4) is 0 Å². The number of unbranched alkanes of at least 4 members (excludes halogenated alkanes) is 9. The van der Waals surface area contributed by atoms with Gasteiger partial charge in [-0.1, -0.05) is 107 Å². The van der Waals surface area contributed by atoms with Crippen LogP contribution in [0.25, 0.3) is 10.8 Å². The minimum absolute atomic E-state index is 0. The lowest BCUT2D eigenvalue weighted by molar-refractivity contribution is 0.544. The summed E-state index contributed by atoms with van der Waals surface area (Å²) in [5, 5.41) is 6.35. The van der Waals surface area contributed by atoms with Crippen LogP contribution >= 0.6 is 12.4 Å². The van der Waals surface area contributed by atoms with E-state index in [1.807, 2.05) is 0 Å². The number of hydrogen-bond acceptors (Lipinski definition) is 1. The Bertz CT molecular complexity index is 562. The molecule has 0 heterocycles.